The molecule has 0 aromatic carbocycles. The number of anilines is 2. The lowest BCUT2D eigenvalue weighted by Crippen LogP contribution is -1.99. The Hall–Kier alpha value is -1.99. The number of hydrogen-bond acceptors (Lipinski definition) is 6. The van der Waals surface area contributed by atoms with Crippen LogP contribution in [-0.4, -0.2) is 24.1 Å². The van der Waals surface area contributed by atoms with Crippen molar-refractivity contribution in [3.63, 3.8) is 0 Å². The summed E-state index contributed by atoms with van der Waals surface area (Å²) in [5.74, 6) is 2.28. The highest BCUT2D eigenvalue weighted by Gasteiger charge is 2.22. The van der Waals surface area contributed by atoms with Crippen LogP contribution in [0, 0.1) is 5.92 Å². The molecule has 0 amide bonds. The first-order valence-corrected chi connectivity index (χ1v) is 7.69. The van der Waals surface area contributed by atoms with Crippen molar-refractivity contribution in [2.75, 3.05) is 5.32 Å². The highest BCUT2D eigenvalue weighted by atomic mass is 35.5. The molecule has 3 aromatic rings. The second-order valence-electron chi connectivity index (χ2n) is 5.16. The third-order valence-corrected chi connectivity index (χ3v) is 3.99. The minimum absolute atomic E-state index is 0. The van der Waals surface area contributed by atoms with E-state index in [1.165, 1.54) is 24.4 Å². The van der Waals surface area contributed by atoms with Gasteiger partial charge < -0.3 is 5.32 Å². The van der Waals surface area contributed by atoms with Gasteiger partial charge in [-0.15, -0.1) is 12.4 Å². The summed E-state index contributed by atoms with van der Waals surface area (Å²) in [4.78, 5) is 8.70. The van der Waals surface area contributed by atoms with Gasteiger partial charge in [-0.05, 0) is 30.9 Å². The summed E-state index contributed by atoms with van der Waals surface area (Å²) in [5.41, 5.74) is 0.959. The topological polar surface area (TPSA) is 68.5 Å². The fourth-order valence-electron chi connectivity index (χ4n) is 2.08. The molecule has 1 saturated carbocycles. The molecule has 0 atom stereocenters. The summed E-state index contributed by atoms with van der Waals surface area (Å²) < 4.78 is 6.36. The van der Waals surface area contributed by atoms with Crippen molar-refractivity contribution < 1.29 is 0 Å². The minimum atomic E-state index is 0. The third kappa shape index (κ3) is 3.42. The van der Waals surface area contributed by atoms with E-state index >= 15 is 0 Å². The molecule has 1 fully saturated rings. The summed E-state index contributed by atoms with van der Waals surface area (Å²) >= 11 is 1.33. The first-order valence-electron chi connectivity index (χ1n) is 6.91. The molecule has 8 heteroatoms. The summed E-state index contributed by atoms with van der Waals surface area (Å²) in [6, 6.07) is 5.71. The van der Waals surface area contributed by atoms with Gasteiger partial charge in [0.05, 0.1) is 11.8 Å². The van der Waals surface area contributed by atoms with Crippen LogP contribution in [0.3, 0.4) is 0 Å². The van der Waals surface area contributed by atoms with Crippen molar-refractivity contribution >= 4 is 34.9 Å². The highest BCUT2D eigenvalue weighted by molar-refractivity contribution is 7.09. The molecular weight excluding hydrogens is 320 g/mol. The summed E-state index contributed by atoms with van der Waals surface area (Å²) in [6.45, 7) is 1.00. The van der Waals surface area contributed by atoms with E-state index in [0.29, 0.717) is 5.82 Å². The zero-order valence-electron chi connectivity index (χ0n) is 11.7. The van der Waals surface area contributed by atoms with Crippen molar-refractivity contribution in [2.24, 2.45) is 5.92 Å². The van der Waals surface area contributed by atoms with Gasteiger partial charge in [-0.2, -0.15) is 14.5 Å². The molecule has 3 heterocycles. The first-order chi connectivity index (χ1) is 10.4. The third-order valence-electron chi connectivity index (χ3n) is 3.36. The SMILES string of the molecule is Cl.c1ccc(Nc2nc(-c3cnn(CC4CC4)c3)ns2)nc1. The molecule has 0 spiro atoms. The van der Waals surface area contributed by atoms with E-state index in [9.17, 15) is 0 Å². The summed E-state index contributed by atoms with van der Waals surface area (Å²) in [5, 5.41) is 8.26. The Morgan fingerprint density at radius 1 is 1.32 bits per heavy atom. The Balaban J connectivity index is 0.00000144. The van der Waals surface area contributed by atoms with Crippen molar-refractivity contribution in [3.05, 3.63) is 36.8 Å². The lowest BCUT2D eigenvalue weighted by Gasteiger charge is -1.98. The molecule has 0 bridgehead atoms. The molecule has 0 unspecified atom stereocenters. The molecular formula is C14H15ClN6S. The van der Waals surface area contributed by atoms with Gasteiger partial charge in [0.2, 0.25) is 5.13 Å². The zero-order valence-corrected chi connectivity index (χ0v) is 13.3. The van der Waals surface area contributed by atoms with Crippen LogP contribution in [0.5, 0.6) is 0 Å². The van der Waals surface area contributed by atoms with E-state index in [4.69, 9.17) is 0 Å². The van der Waals surface area contributed by atoms with Crippen molar-refractivity contribution in [2.45, 2.75) is 19.4 Å². The van der Waals surface area contributed by atoms with Gasteiger partial charge in [-0.3, -0.25) is 4.68 Å². The maximum atomic E-state index is 4.49. The molecule has 114 valence electrons. The van der Waals surface area contributed by atoms with Gasteiger partial charge >= 0.3 is 0 Å². The second kappa shape index (κ2) is 6.41. The van der Waals surface area contributed by atoms with Gasteiger partial charge in [-0.25, -0.2) is 4.98 Å². The monoisotopic (exact) mass is 334 g/mol. The smallest absolute Gasteiger partial charge is 0.208 e. The van der Waals surface area contributed by atoms with Crippen LogP contribution >= 0.6 is 23.9 Å². The molecule has 22 heavy (non-hydrogen) atoms. The van der Waals surface area contributed by atoms with Gasteiger partial charge in [0.25, 0.3) is 0 Å². The highest BCUT2D eigenvalue weighted by Crippen LogP contribution is 2.31. The number of nitrogens with one attached hydrogen (secondary N) is 1. The quantitative estimate of drug-likeness (QED) is 0.774. The van der Waals surface area contributed by atoms with Crippen molar-refractivity contribution in [3.8, 4) is 11.4 Å². The van der Waals surface area contributed by atoms with E-state index in [0.717, 1.165) is 29.0 Å². The van der Waals surface area contributed by atoms with Crippen LogP contribution in [0.2, 0.25) is 0 Å². The standard InChI is InChI=1S/C14H14N6S.ClH/c1-2-6-15-12(3-1)17-14-18-13(19-21-14)11-7-16-20(9-11)8-10-4-5-10;/h1-3,6-7,9-10H,4-5,8H2,(H,15,17,18,19);1H. The van der Waals surface area contributed by atoms with Crippen molar-refractivity contribution in [1.29, 1.82) is 0 Å². The van der Waals surface area contributed by atoms with Gasteiger partial charge in [0.1, 0.15) is 5.82 Å². The molecule has 0 aliphatic heterocycles. The predicted octanol–water partition coefficient (Wildman–Crippen LogP) is 3.37. The number of rotatable bonds is 5. The lowest BCUT2D eigenvalue weighted by molar-refractivity contribution is 0.563. The minimum Gasteiger partial charge on any atom is -0.315 e. The molecule has 6 nitrogen and oxygen atoms in total. The number of halogens is 1. The Bertz CT molecular complexity index is 737. The molecule has 1 N–H and O–H groups in total. The first kappa shape index (κ1) is 14.9. The average molecular weight is 335 g/mol. The van der Waals surface area contributed by atoms with E-state index in [2.05, 4.69) is 24.8 Å². The van der Waals surface area contributed by atoms with Crippen LogP contribution < -0.4 is 5.32 Å². The van der Waals surface area contributed by atoms with Gasteiger partial charge in [0.15, 0.2) is 5.82 Å². The van der Waals surface area contributed by atoms with E-state index in [-0.39, 0.29) is 12.4 Å². The van der Waals surface area contributed by atoms with Gasteiger partial charge in [0, 0.05) is 30.5 Å². The maximum Gasteiger partial charge on any atom is 0.208 e. The normalized spacial score (nSPS) is 13.6. The molecule has 0 radical (unpaired) electrons. The molecule has 0 saturated heterocycles. The average Bonchev–Trinajstić information content (AvgIpc) is 2.99. The van der Waals surface area contributed by atoms with Crippen LogP contribution in [0.4, 0.5) is 10.9 Å². The van der Waals surface area contributed by atoms with Gasteiger partial charge in [-0.1, -0.05) is 6.07 Å². The molecule has 3 aromatic heterocycles. The fourth-order valence-corrected chi connectivity index (χ4v) is 2.68. The zero-order chi connectivity index (χ0) is 14.1. The molecule has 1 aliphatic carbocycles. The van der Waals surface area contributed by atoms with E-state index in [1.54, 1.807) is 6.20 Å². The second-order valence-corrected chi connectivity index (χ2v) is 5.91. The Kier molecular flexibility index (Phi) is 4.35. The molecule has 4 rings (SSSR count). The number of hydrogen-bond donors (Lipinski definition) is 1. The number of pyridine rings is 1. The Morgan fingerprint density at radius 3 is 3.00 bits per heavy atom. The van der Waals surface area contributed by atoms with Crippen LogP contribution in [0.25, 0.3) is 11.4 Å². The maximum absolute atomic E-state index is 4.49. The Labute approximate surface area is 138 Å². The van der Waals surface area contributed by atoms with E-state index < -0.39 is 0 Å². The predicted molar refractivity (Wildman–Crippen MR) is 88.6 cm³/mol. The largest absolute Gasteiger partial charge is 0.315 e. The number of nitrogens with zero attached hydrogens (tertiary/aromatic N) is 5. The van der Waals surface area contributed by atoms with Crippen LogP contribution in [0.1, 0.15) is 12.8 Å². The van der Waals surface area contributed by atoms with Crippen LogP contribution in [-0.2, 0) is 6.54 Å². The lowest BCUT2D eigenvalue weighted by atomic mass is 10.3. The van der Waals surface area contributed by atoms with Crippen LogP contribution in [0.15, 0.2) is 36.8 Å². The fraction of sp³-hybridized carbons (Fsp3) is 0.286. The van der Waals surface area contributed by atoms with Crippen molar-refractivity contribution in [1.82, 2.24) is 24.1 Å². The number of aromatic nitrogens is 5. The summed E-state index contributed by atoms with van der Waals surface area (Å²) in [7, 11) is 0. The Morgan fingerprint density at radius 2 is 2.23 bits per heavy atom. The summed E-state index contributed by atoms with van der Waals surface area (Å²) in [6.07, 6.45) is 8.23. The molecule has 1 aliphatic rings. The van der Waals surface area contributed by atoms with E-state index in [1.807, 2.05) is 35.3 Å².